The van der Waals surface area contributed by atoms with Crippen molar-refractivity contribution in [2.24, 2.45) is 0 Å². The molecular formula is C22H23F3N6O. The minimum absolute atomic E-state index is 0.157. The third kappa shape index (κ3) is 3.89. The lowest BCUT2D eigenvalue weighted by Crippen LogP contribution is -2.38. The summed E-state index contributed by atoms with van der Waals surface area (Å²) in [6, 6.07) is 4.93. The minimum Gasteiger partial charge on any atom is -0.338 e. The van der Waals surface area contributed by atoms with Gasteiger partial charge in [0.05, 0.1) is 28.7 Å². The van der Waals surface area contributed by atoms with Crippen molar-refractivity contribution in [1.29, 1.82) is 0 Å². The van der Waals surface area contributed by atoms with E-state index in [1.807, 2.05) is 0 Å². The molecule has 0 spiro atoms. The number of alkyl halides is 3. The monoisotopic (exact) mass is 444 g/mol. The molecule has 1 saturated heterocycles. The van der Waals surface area contributed by atoms with E-state index in [4.69, 9.17) is 0 Å². The number of hydrogen-bond acceptors (Lipinski definition) is 4. The molecule has 1 aromatic carbocycles. The molecule has 10 heteroatoms. The molecule has 168 valence electrons. The first-order chi connectivity index (χ1) is 15.3. The zero-order valence-corrected chi connectivity index (χ0v) is 17.6. The number of nitrogens with zero attached hydrogens (tertiary/aromatic N) is 5. The molecule has 2 aliphatic rings. The Hall–Kier alpha value is -3.17. The SMILES string of the molecule is Cc1c(C(=O)N2CCC(c3nc(C4CC4)n[nH]3)CC2)cnn1-c1cccc(C(F)(F)F)c1. The minimum atomic E-state index is -4.44. The topological polar surface area (TPSA) is 79.7 Å². The second-order valence-corrected chi connectivity index (χ2v) is 8.52. The molecule has 1 aliphatic carbocycles. The fourth-order valence-corrected chi connectivity index (χ4v) is 4.21. The van der Waals surface area contributed by atoms with Crippen LogP contribution in [0.5, 0.6) is 0 Å². The predicted molar refractivity (Wildman–Crippen MR) is 110 cm³/mol. The van der Waals surface area contributed by atoms with Gasteiger partial charge < -0.3 is 4.90 Å². The van der Waals surface area contributed by atoms with Crippen molar-refractivity contribution in [2.75, 3.05) is 13.1 Å². The van der Waals surface area contributed by atoms with Gasteiger partial charge in [-0.15, -0.1) is 0 Å². The van der Waals surface area contributed by atoms with Crippen molar-refractivity contribution in [1.82, 2.24) is 29.9 Å². The molecule has 0 radical (unpaired) electrons. The molecule has 1 amide bonds. The number of hydrogen-bond donors (Lipinski definition) is 1. The van der Waals surface area contributed by atoms with Gasteiger partial charge in [-0.1, -0.05) is 6.07 Å². The van der Waals surface area contributed by atoms with Crippen LogP contribution in [0.4, 0.5) is 13.2 Å². The zero-order chi connectivity index (χ0) is 22.5. The second-order valence-electron chi connectivity index (χ2n) is 8.52. The molecule has 1 saturated carbocycles. The van der Waals surface area contributed by atoms with Crippen LogP contribution in [0.3, 0.4) is 0 Å². The number of rotatable bonds is 4. The fraction of sp³-hybridized carbons (Fsp3) is 0.455. The van der Waals surface area contributed by atoms with Gasteiger partial charge in [0.25, 0.3) is 5.91 Å². The third-order valence-electron chi connectivity index (χ3n) is 6.29. The van der Waals surface area contributed by atoms with E-state index in [0.29, 0.717) is 30.3 Å². The lowest BCUT2D eigenvalue weighted by atomic mass is 9.95. The van der Waals surface area contributed by atoms with E-state index >= 15 is 0 Å². The van der Waals surface area contributed by atoms with E-state index < -0.39 is 11.7 Å². The third-order valence-corrected chi connectivity index (χ3v) is 6.29. The Morgan fingerprint density at radius 3 is 2.56 bits per heavy atom. The van der Waals surface area contributed by atoms with Crippen molar-refractivity contribution < 1.29 is 18.0 Å². The number of amides is 1. The first-order valence-electron chi connectivity index (χ1n) is 10.7. The molecule has 1 N–H and O–H groups in total. The Balaban J connectivity index is 1.28. The van der Waals surface area contributed by atoms with Gasteiger partial charge in [0.2, 0.25) is 0 Å². The summed E-state index contributed by atoms with van der Waals surface area (Å²) < 4.78 is 40.6. The van der Waals surface area contributed by atoms with Gasteiger partial charge in [0.15, 0.2) is 5.82 Å². The lowest BCUT2D eigenvalue weighted by molar-refractivity contribution is -0.137. The van der Waals surface area contributed by atoms with Gasteiger partial charge in [-0.05, 0) is 50.8 Å². The molecule has 3 aromatic rings. The largest absolute Gasteiger partial charge is 0.416 e. The molecular weight excluding hydrogens is 421 g/mol. The number of carbonyl (C=O) groups excluding carboxylic acids is 1. The molecule has 3 heterocycles. The summed E-state index contributed by atoms with van der Waals surface area (Å²) in [4.78, 5) is 19.5. The highest BCUT2D eigenvalue weighted by Gasteiger charge is 2.32. The van der Waals surface area contributed by atoms with Crippen LogP contribution in [-0.2, 0) is 6.18 Å². The maximum atomic E-state index is 13.1. The standard InChI is InChI=1S/C22H23F3N6O/c1-13-18(12-26-31(13)17-4-2-3-16(11-17)22(23,24)25)21(32)30-9-7-15(8-10-30)20-27-19(28-29-20)14-5-6-14/h2-4,11-12,14-15H,5-10H2,1H3,(H,27,28,29). The average molecular weight is 444 g/mol. The summed E-state index contributed by atoms with van der Waals surface area (Å²) >= 11 is 0. The molecule has 0 atom stereocenters. The quantitative estimate of drug-likeness (QED) is 0.654. The first kappa shape index (κ1) is 20.7. The van der Waals surface area contributed by atoms with Crippen LogP contribution in [0.1, 0.15) is 70.8 Å². The number of carbonyl (C=O) groups is 1. The highest BCUT2D eigenvalue weighted by molar-refractivity contribution is 5.95. The van der Waals surface area contributed by atoms with Gasteiger partial charge in [0.1, 0.15) is 5.82 Å². The van der Waals surface area contributed by atoms with Crippen molar-refractivity contribution in [3.63, 3.8) is 0 Å². The predicted octanol–water partition coefficient (Wildman–Crippen LogP) is 4.21. The van der Waals surface area contributed by atoms with Crippen molar-refractivity contribution >= 4 is 5.91 Å². The number of piperidine rings is 1. The van der Waals surface area contributed by atoms with E-state index in [9.17, 15) is 18.0 Å². The fourth-order valence-electron chi connectivity index (χ4n) is 4.21. The summed E-state index contributed by atoms with van der Waals surface area (Å²) in [5.74, 6) is 2.38. The Bertz CT molecular complexity index is 1140. The number of H-pyrrole nitrogens is 1. The molecule has 1 aliphatic heterocycles. The molecule has 32 heavy (non-hydrogen) atoms. The summed E-state index contributed by atoms with van der Waals surface area (Å²) in [6.45, 7) is 2.86. The van der Waals surface area contributed by atoms with Crippen LogP contribution in [0.15, 0.2) is 30.5 Å². The Labute approximate surface area is 182 Å². The lowest BCUT2D eigenvalue weighted by Gasteiger charge is -2.31. The van der Waals surface area contributed by atoms with E-state index in [2.05, 4.69) is 20.3 Å². The molecule has 7 nitrogen and oxygen atoms in total. The highest BCUT2D eigenvalue weighted by Crippen LogP contribution is 2.38. The number of aromatic amines is 1. The summed E-state index contributed by atoms with van der Waals surface area (Å²) in [5, 5.41) is 11.6. The van der Waals surface area contributed by atoms with Crippen LogP contribution < -0.4 is 0 Å². The van der Waals surface area contributed by atoms with Crippen molar-refractivity contribution in [3.8, 4) is 5.69 Å². The summed E-state index contributed by atoms with van der Waals surface area (Å²) in [6.07, 6.45) is 0.860. The van der Waals surface area contributed by atoms with E-state index in [0.717, 1.165) is 49.5 Å². The van der Waals surface area contributed by atoms with Gasteiger partial charge in [-0.3, -0.25) is 9.89 Å². The Morgan fingerprint density at radius 2 is 1.88 bits per heavy atom. The maximum absolute atomic E-state index is 13.1. The van der Waals surface area contributed by atoms with Gasteiger partial charge >= 0.3 is 6.18 Å². The van der Waals surface area contributed by atoms with Crippen molar-refractivity contribution in [3.05, 3.63) is 58.9 Å². The van der Waals surface area contributed by atoms with Crippen LogP contribution >= 0.6 is 0 Å². The molecule has 0 unspecified atom stereocenters. The molecule has 2 fully saturated rings. The van der Waals surface area contributed by atoms with Crippen LogP contribution in [0, 0.1) is 6.92 Å². The van der Waals surface area contributed by atoms with E-state index in [1.165, 1.54) is 16.9 Å². The Morgan fingerprint density at radius 1 is 1.12 bits per heavy atom. The molecule has 5 rings (SSSR count). The van der Waals surface area contributed by atoms with Crippen molar-refractivity contribution in [2.45, 2.75) is 50.6 Å². The van der Waals surface area contributed by atoms with Crippen LogP contribution in [0.2, 0.25) is 0 Å². The number of likely N-dealkylation sites (tertiary alicyclic amines) is 1. The molecule has 0 bridgehead atoms. The maximum Gasteiger partial charge on any atom is 0.416 e. The van der Waals surface area contributed by atoms with Gasteiger partial charge in [-0.2, -0.15) is 23.4 Å². The molecule has 2 aromatic heterocycles. The zero-order valence-electron chi connectivity index (χ0n) is 17.6. The van der Waals surface area contributed by atoms with Gasteiger partial charge in [-0.25, -0.2) is 9.67 Å². The van der Waals surface area contributed by atoms with Gasteiger partial charge in [0, 0.05) is 24.9 Å². The highest BCUT2D eigenvalue weighted by atomic mass is 19.4. The Kier molecular flexibility index (Phi) is 5.02. The number of nitrogens with one attached hydrogen (secondary N) is 1. The second kappa shape index (κ2) is 7.75. The van der Waals surface area contributed by atoms with E-state index in [-0.39, 0.29) is 17.5 Å². The number of benzene rings is 1. The summed E-state index contributed by atoms with van der Waals surface area (Å²) in [5.41, 5.74) is 0.432. The first-order valence-corrected chi connectivity index (χ1v) is 10.7. The van der Waals surface area contributed by atoms with Crippen LogP contribution in [0.25, 0.3) is 5.69 Å². The normalized spacial score (nSPS) is 17.7. The average Bonchev–Trinajstić information content (AvgIpc) is 3.39. The van der Waals surface area contributed by atoms with Crippen LogP contribution in [-0.4, -0.2) is 48.9 Å². The summed E-state index contributed by atoms with van der Waals surface area (Å²) in [7, 11) is 0. The number of aromatic nitrogens is 5. The number of halogens is 3. The van der Waals surface area contributed by atoms with E-state index in [1.54, 1.807) is 17.9 Å². The smallest absolute Gasteiger partial charge is 0.338 e.